The summed E-state index contributed by atoms with van der Waals surface area (Å²) >= 11 is 0. The lowest BCUT2D eigenvalue weighted by Gasteiger charge is -2.12. The van der Waals surface area contributed by atoms with E-state index in [1.807, 2.05) is 43.3 Å². The number of methoxy groups -OCH3 is 1. The normalized spacial score (nSPS) is 11.1. The molecule has 0 saturated heterocycles. The molecule has 8 heteroatoms. The van der Waals surface area contributed by atoms with Crippen LogP contribution >= 0.6 is 0 Å². The third-order valence-corrected chi connectivity index (χ3v) is 4.26. The van der Waals surface area contributed by atoms with Crippen molar-refractivity contribution in [3.8, 4) is 17.2 Å². The van der Waals surface area contributed by atoms with Gasteiger partial charge in [0.05, 0.1) is 19.4 Å². The van der Waals surface area contributed by atoms with E-state index in [1.165, 1.54) is 12.4 Å². The Labute approximate surface area is 175 Å². The van der Waals surface area contributed by atoms with E-state index < -0.39 is 0 Å². The average Bonchev–Trinajstić information content (AvgIpc) is 3.27. The van der Waals surface area contributed by atoms with E-state index in [0.717, 1.165) is 16.8 Å². The molecule has 0 spiro atoms. The zero-order valence-corrected chi connectivity index (χ0v) is 17.5. The van der Waals surface area contributed by atoms with Crippen molar-refractivity contribution in [2.75, 3.05) is 19.0 Å². The number of tetrazole rings is 1. The van der Waals surface area contributed by atoms with E-state index in [1.54, 1.807) is 17.9 Å². The molecule has 0 aliphatic rings. The third-order valence-electron chi connectivity index (χ3n) is 4.26. The molecule has 1 heterocycles. The van der Waals surface area contributed by atoms with Crippen LogP contribution in [0, 0.1) is 12.8 Å². The fourth-order valence-corrected chi connectivity index (χ4v) is 2.73. The summed E-state index contributed by atoms with van der Waals surface area (Å²) < 4.78 is 12.7. The van der Waals surface area contributed by atoms with E-state index in [4.69, 9.17) is 9.47 Å². The highest BCUT2D eigenvalue weighted by Crippen LogP contribution is 2.29. The number of carbonyl (C=O) groups excluding carboxylic acids is 1. The standard InChI is InChI=1S/C22H25N5O3/c1-15(2)13-30-20-9-6-17(11-21(20)29-4)7-10-22(28)24-18-8-5-16(3)19(12-18)27-14-23-25-26-27/h5-12,14-15H,13H2,1-4H3,(H,24,28)/b10-7+. The van der Waals surface area contributed by atoms with Gasteiger partial charge in [-0.15, -0.1) is 5.10 Å². The highest BCUT2D eigenvalue weighted by molar-refractivity contribution is 6.02. The van der Waals surface area contributed by atoms with Crippen molar-refractivity contribution in [1.29, 1.82) is 0 Å². The Hall–Kier alpha value is -3.68. The van der Waals surface area contributed by atoms with E-state index in [2.05, 4.69) is 34.7 Å². The smallest absolute Gasteiger partial charge is 0.248 e. The molecule has 0 radical (unpaired) electrons. The molecule has 156 valence electrons. The van der Waals surface area contributed by atoms with Gasteiger partial charge < -0.3 is 14.8 Å². The van der Waals surface area contributed by atoms with Crippen LogP contribution in [0.4, 0.5) is 5.69 Å². The number of rotatable bonds is 8. The molecule has 0 aliphatic heterocycles. The Balaban J connectivity index is 1.68. The van der Waals surface area contributed by atoms with Crippen LogP contribution in [-0.4, -0.2) is 39.8 Å². The summed E-state index contributed by atoms with van der Waals surface area (Å²) in [6.45, 7) is 6.73. The number of carbonyl (C=O) groups is 1. The number of benzene rings is 2. The molecule has 0 bridgehead atoms. The molecule has 30 heavy (non-hydrogen) atoms. The van der Waals surface area contributed by atoms with Gasteiger partial charge in [0.25, 0.3) is 0 Å². The minimum absolute atomic E-state index is 0.249. The number of ether oxygens (including phenoxy) is 2. The molecular formula is C22H25N5O3. The second-order valence-electron chi connectivity index (χ2n) is 7.19. The first-order valence-corrected chi connectivity index (χ1v) is 9.60. The van der Waals surface area contributed by atoms with Gasteiger partial charge in [-0.3, -0.25) is 4.79 Å². The lowest BCUT2D eigenvalue weighted by Crippen LogP contribution is -2.09. The van der Waals surface area contributed by atoms with Gasteiger partial charge in [0.15, 0.2) is 11.5 Å². The lowest BCUT2D eigenvalue weighted by atomic mass is 10.1. The molecule has 0 fully saturated rings. The molecule has 8 nitrogen and oxygen atoms in total. The van der Waals surface area contributed by atoms with Gasteiger partial charge in [-0.2, -0.15) is 0 Å². The number of amides is 1. The van der Waals surface area contributed by atoms with Gasteiger partial charge in [0, 0.05) is 11.8 Å². The number of nitrogens with one attached hydrogen (secondary N) is 1. The van der Waals surface area contributed by atoms with Crippen molar-refractivity contribution in [2.24, 2.45) is 5.92 Å². The number of anilines is 1. The monoisotopic (exact) mass is 407 g/mol. The number of hydrogen-bond acceptors (Lipinski definition) is 6. The van der Waals surface area contributed by atoms with Crippen LogP contribution in [0.5, 0.6) is 11.5 Å². The molecule has 0 aliphatic carbocycles. The van der Waals surface area contributed by atoms with Gasteiger partial charge >= 0.3 is 0 Å². The third kappa shape index (κ3) is 5.44. The van der Waals surface area contributed by atoms with Crippen molar-refractivity contribution in [3.05, 3.63) is 59.9 Å². The summed E-state index contributed by atoms with van der Waals surface area (Å²) in [5, 5.41) is 14.0. The predicted octanol–water partition coefficient (Wildman–Crippen LogP) is 3.67. The molecule has 3 aromatic rings. The van der Waals surface area contributed by atoms with Crippen LogP contribution in [0.25, 0.3) is 11.8 Å². The van der Waals surface area contributed by atoms with Crippen molar-refractivity contribution in [2.45, 2.75) is 20.8 Å². The van der Waals surface area contributed by atoms with Crippen molar-refractivity contribution >= 4 is 17.7 Å². The van der Waals surface area contributed by atoms with Crippen LogP contribution in [-0.2, 0) is 4.79 Å². The van der Waals surface area contributed by atoms with Gasteiger partial charge in [0.2, 0.25) is 5.91 Å². The second kappa shape index (κ2) is 9.69. The SMILES string of the molecule is COc1cc(/C=C/C(=O)Nc2ccc(C)c(-n3cnnn3)c2)ccc1OCC(C)C. The number of hydrogen-bond donors (Lipinski definition) is 1. The van der Waals surface area contributed by atoms with E-state index in [0.29, 0.717) is 29.7 Å². The van der Waals surface area contributed by atoms with Crippen LogP contribution in [0.3, 0.4) is 0 Å². The molecular weight excluding hydrogens is 382 g/mol. The molecule has 1 amide bonds. The molecule has 0 atom stereocenters. The predicted molar refractivity (Wildman–Crippen MR) is 115 cm³/mol. The van der Waals surface area contributed by atoms with Crippen LogP contribution < -0.4 is 14.8 Å². The zero-order valence-electron chi connectivity index (χ0n) is 17.5. The van der Waals surface area contributed by atoms with Gasteiger partial charge in [-0.05, 0) is 64.7 Å². The molecule has 0 saturated carbocycles. The zero-order chi connectivity index (χ0) is 21.5. The Bertz CT molecular complexity index is 1030. The maximum Gasteiger partial charge on any atom is 0.248 e. The van der Waals surface area contributed by atoms with Crippen molar-refractivity contribution < 1.29 is 14.3 Å². The van der Waals surface area contributed by atoms with E-state index >= 15 is 0 Å². The Morgan fingerprint density at radius 1 is 1.20 bits per heavy atom. The number of aryl methyl sites for hydroxylation is 1. The number of aromatic nitrogens is 4. The molecule has 1 N–H and O–H groups in total. The van der Waals surface area contributed by atoms with Gasteiger partial charge in [0.1, 0.15) is 6.33 Å². The quantitative estimate of drug-likeness (QED) is 0.573. The summed E-state index contributed by atoms with van der Waals surface area (Å²) in [4.78, 5) is 12.4. The first kappa shape index (κ1) is 21.0. The van der Waals surface area contributed by atoms with Crippen molar-refractivity contribution in [1.82, 2.24) is 20.2 Å². The summed E-state index contributed by atoms with van der Waals surface area (Å²) in [6.07, 6.45) is 4.70. The van der Waals surface area contributed by atoms with E-state index in [9.17, 15) is 4.79 Å². The van der Waals surface area contributed by atoms with Crippen molar-refractivity contribution in [3.63, 3.8) is 0 Å². The summed E-state index contributed by atoms with van der Waals surface area (Å²) in [5.74, 6) is 1.48. The average molecular weight is 407 g/mol. The maximum absolute atomic E-state index is 12.4. The largest absolute Gasteiger partial charge is 0.493 e. The lowest BCUT2D eigenvalue weighted by molar-refractivity contribution is -0.111. The maximum atomic E-state index is 12.4. The Morgan fingerprint density at radius 3 is 2.73 bits per heavy atom. The minimum Gasteiger partial charge on any atom is -0.493 e. The van der Waals surface area contributed by atoms with E-state index in [-0.39, 0.29) is 5.91 Å². The highest BCUT2D eigenvalue weighted by atomic mass is 16.5. The molecule has 0 unspecified atom stereocenters. The molecule has 3 rings (SSSR count). The van der Waals surface area contributed by atoms with Crippen LogP contribution in [0.1, 0.15) is 25.0 Å². The van der Waals surface area contributed by atoms with Gasteiger partial charge in [-0.25, -0.2) is 4.68 Å². The summed E-state index contributed by atoms with van der Waals surface area (Å²) in [7, 11) is 1.59. The molecule has 1 aromatic heterocycles. The first-order valence-electron chi connectivity index (χ1n) is 9.60. The fourth-order valence-electron chi connectivity index (χ4n) is 2.73. The minimum atomic E-state index is -0.249. The number of nitrogens with zero attached hydrogens (tertiary/aromatic N) is 4. The summed E-state index contributed by atoms with van der Waals surface area (Å²) in [6, 6.07) is 11.1. The first-order chi connectivity index (χ1) is 14.5. The van der Waals surface area contributed by atoms with Crippen LogP contribution in [0.15, 0.2) is 48.8 Å². The second-order valence-corrected chi connectivity index (χ2v) is 7.19. The molecule has 2 aromatic carbocycles. The Morgan fingerprint density at radius 2 is 2.03 bits per heavy atom. The Kier molecular flexibility index (Phi) is 6.79. The highest BCUT2D eigenvalue weighted by Gasteiger charge is 2.08. The van der Waals surface area contributed by atoms with Crippen LogP contribution in [0.2, 0.25) is 0 Å². The summed E-state index contributed by atoms with van der Waals surface area (Å²) in [5.41, 5.74) is 3.26. The van der Waals surface area contributed by atoms with Gasteiger partial charge in [-0.1, -0.05) is 26.0 Å². The fraction of sp³-hybridized carbons (Fsp3) is 0.273. The topological polar surface area (TPSA) is 91.2 Å².